The standard InChI is InChI=1S/C18H18N2O4S/c1-24-18(21)12-13-6-8-14(9-7-13)20-11-10-15-16(19-25(2,22)23)4-3-5-17(15)20/h3-11,19H,12H2,1-2H3. The van der Waals surface area contributed by atoms with Gasteiger partial charge in [0.25, 0.3) is 0 Å². The number of carbonyl (C=O) groups excluding carboxylic acids is 1. The number of fused-ring (bicyclic) bond motifs is 1. The van der Waals surface area contributed by atoms with Crippen molar-refractivity contribution in [3.05, 3.63) is 60.3 Å². The van der Waals surface area contributed by atoms with Crippen molar-refractivity contribution in [3.8, 4) is 5.69 Å². The maximum Gasteiger partial charge on any atom is 0.309 e. The van der Waals surface area contributed by atoms with Crippen LogP contribution in [-0.4, -0.2) is 32.3 Å². The maximum absolute atomic E-state index is 11.5. The molecule has 3 rings (SSSR count). The van der Waals surface area contributed by atoms with Gasteiger partial charge >= 0.3 is 5.97 Å². The SMILES string of the molecule is COC(=O)Cc1ccc(-n2ccc3c(NS(C)(=O)=O)cccc32)cc1. The summed E-state index contributed by atoms with van der Waals surface area (Å²) in [6, 6.07) is 14.9. The number of nitrogens with zero attached hydrogens (tertiary/aromatic N) is 1. The molecule has 0 saturated carbocycles. The highest BCUT2D eigenvalue weighted by molar-refractivity contribution is 7.92. The fourth-order valence-electron chi connectivity index (χ4n) is 2.69. The summed E-state index contributed by atoms with van der Waals surface area (Å²) in [7, 11) is -1.98. The van der Waals surface area contributed by atoms with E-state index in [2.05, 4.69) is 9.46 Å². The molecule has 1 N–H and O–H groups in total. The van der Waals surface area contributed by atoms with Gasteiger partial charge < -0.3 is 9.30 Å². The Hall–Kier alpha value is -2.80. The summed E-state index contributed by atoms with van der Waals surface area (Å²) >= 11 is 0. The molecule has 1 aromatic heterocycles. The van der Waals surface area contributed by atoms with Crippen LogP contribution in [-0.2, 0) is 26.0 Å². The number of ether oxygens (including phenoxy) is 1. The van der Waals surface area contributed by atoms with Crippen LogP contribution in [0.1, 0.15) is 5.56 Å². The fourth-order valence-corrected chi connectivity index (χ4v) is 3.27. The van der Waals surface area contributed by atoms with Gasteiger partial charge in [0.2, 0.25) is 10.0 Å². The number of benzene rings is 2. The zero-order valence-electron chi connectivity index (χ0n) is 13.9. The first-order chi connectivity index (χ1) is 11.9. The second-order valence-electron chi connectivity index (χ2n) is 5.72. The van der Waals surface area contributed by atoms with Crippen molar-refractivity contribution in [1.29, 1.82) is 0 Å². The Labute approximate surface area is 146 Å². The van der Waals surface area contributed by atoms with E-state index in [0.717, 1.165) is 28.4 Å². The van der Waals surface area contributed by atoms with Gasteiger partial charge in [0, 0.05) is 17.3 Å². The van der Waals surface area contributed by atoms with Gasteiger partial charge in [-0.1, -0.05) is 18.2 Å². The van der Waals surface area contributed by atoms with E-state index in [1.807, 2.05) is 47.2 Å². The van der Waals surface area contributed by atoms with Crippen molar-refractivity contribution in [2.75, 3.05) is 18.1 Å². The van der Waals surface area contributed by atoms with E-state index in [1.165, 1.54) is 7.11 Å². The van der Waals surface area contributed by atoms with Gasteiger partial charge in [-0.3, -0.25) is 9.52 Å². The summed E-state index contributed by atoms with van der Waals surface area (Å²) in [6.07, 6.45) is 3.24. The molecule has 6 nitrogen and oxygen atoms in total. The van der Waals surface area contributed by atoms with E-state index < -0.39 is 10.0 Å². The summed E-state index contributed by atoms with van der Waals surface area (Å²) in [5.74, 6) is -0.282. The molecule has 0 radical (unpaired) electrons. The van der Waals surface area contributed by atoms with E-state index >= 15 is 0 Å². The number of hydrogen-bond donors (Lipinski definition) is 1. The van der Waals surface area contributed by atoms with Gasteiger partial charge in [-0.2, -0.15) is 0 Å². The molecule has 0 aliphatic heterocycles. The molecule has 3 aromatic rings. The third-order valence-electron chi connectivity index (χ3n) is 3.82. The molecule has 0 unspecified atom stereocenters. The molecule has 1 heterocycles. The van der Waals surface area contributed by atoms with E-state index in [4.69, 9.17) is 0 Å². The Bertz CT molecular complexity index is 1020. The number of rotatable bonds is 5. The van der Waals surface area contributed by atoms with Crippen LogP contribution in [0.5, 0.6) is 0 Å². The zero-order chi connectivity index (χ0) is 18.0. The Balaban J connectivity index is 1.97. The summed E-state index contributed by atoms with van der Waals surface area (Å²) in [5, 5.41) is 0.812. The lowest BCUT2D eigenvalue weighted by atomic mass is 10.1. The van der Waals surface area contributed by atoms with Crippen molar-refractivity contribution in [2.24, 2.45) is 0 Å². The maximum atomic E-state index is 11.5. The average molecular weight is 358 g/mol. The van der Waals surface area contributed by atoms with E-state index in [1.54, 1.807) is 12.1 Å². The third-order valence-corrected chi connectivity index (χ3v) is 4.41. The van der Waals surface area contributed by atoms with Gasteiger partial charge in [0.05, 0.1) is 31.0 Å². The Morgan fingerprint density at radius 3 is 2.48 bits per heavy atom. The topological polar surface area (TPSA) is 77.4 Å². The minimum atomic E-state index is -3.35. The number of aromatic nitrogens is 1. The van der Waals surface area contributed by atoms with Crippen LogP contribution < -0.4 is 4.72 Å². The van der Waals surface area contributed by atoms with E-state index in [9.17, 15) is 13.2 Å². The summed E-state index contributed by atoms with van der Waals surface area (Å²) in [6.45, 7) is 0. The lowest BCUT2D eigenvalue weighted by Gasteiger charge is -2.09. The van der Waals surface area contributed by atoms with Crippen LogP contribution in [0, 0.1) is 0 Å². The first kappa shape index (κ1) is 17.0. The molecule has 7 heteroatoms. The molecule has 0 amide bonds. The molecule has 0 atom stereocenters. The van der Waals surface area contributed by atoms with Crippen LogP contribution in [0.2, 0.25) is 0 Å². The molecule has 0 fully saturated rings. The normalized spacial score (nSPS) is 11.4. The Morgan fingerprint density at radius 2 is 1.84 bits per heavy atom. The van der Waals surface area contributed by atoms with Gasteiger partial charge in [-0.15, -0.1) is 0 Å². The first-order valence-corrected chi connectivity index (χ1v) is 9.50. The largest absolute Gasteiger partial charge is 0.469 e. The van der Waals surface area contributed by atoms with Crippen LogP contribution in [0.15, 0.2) is 54.7 Å². The zero-order valence-corrected chi connectivity index (χ0v) is 14.7. The molecular weight excluding hydrogens is 340 g/mol. The second kappa shape index (κ2) is 6.60. The van der Waals surface area contributed by atoms with Crippen LogP contribution in [0.25, 0.3) is 16.6 Å². The quantitative estimate of drug-likeness (QED) is 0.712. The minimum absolute atomic E-state index is 0.228. The van der Waals surface area contributed by atoms with Crippen LogP contribution >= 0.6 is 0 Å². The van der Waals surface area contributed by atoms with Gasteiger partial charge in [0.15, 0.2) is 0 Å². The molecule has 25 heavy (non-hydrogen) atoms. The Morgan fingerprint density at radius 1 is 1.12 bits per heavy atom. The second-order valence-corrected chi connectivity index (χ2v) is 7.47. The van der Waals surface area contributed by atoms with Gasteiger partial charge in [-0.05, 0) is 35.9 Å². The van der Waals surface area contributed by atoms with Gasteiger partial charge in [0.1, 0.15) is 0 Å². The monoisotopic (exact) mass is 358 g/mol. The van der Waals surface area contributed by atoms with Crippen molar-refractivity contribution >= 4 is 32.6 Å². The summed E-state index contributed by atoms with van der Waals surface area (Å²) < 4.78 is 32.2. The number of methoxy groups -OCH3 is 1. The van der Waals surface area contributed by atoms with Crippen molar-refractivity contribution < 1.29 is 17.9 Å². The molecule has 0 aliphatic carbocycles. The predicted molar refractivity (Wildman–Crippen MR) is 97.5 cm³/mol. The van der Waals surface area contributed by atoms with E-state index in [-0.39, 0.29) is 12.4 Å². The predicted octanol–water partition coefficient (Wildman–Crippen LogP) is 2.72. The lowest BCUT2D eigenvalue weighted by Crippen LogP contribution is -2.09. The molecule has 0 bridgehead atoms. The number of hydrogen-bond acceptors (Lipinski definition) is 4. The number of anilines is 1. The fraction of sp³-hybridized carbons (Fsp3) is 0.167. The minimum Gasteiger partial charge on any atom is -0.469 e. The number of esters is 1. The van der Waals surface area contributed by atoms with Gasteiger partial charge in [-0.25, -0.2) is 8.42 Å². The molecule has 130 valence electrons. The Kier molecular flexibility index (Phi) is 4.50. The van der Waals surface area contributed by atoms with Crippen LogP contribution in [0.3, 0.4) is 0 Å². The van der Waals surface area contributed by atoms with Crippen molar-refractivity contribution in [3.63, 3.8) is 0 Å². The molecule has 0 aliphatic rings. The van der Waals surface area contributed by atoms with Crippen molar-refractivity contribution in [1.82, 2.24) is 4.57 Å². The molecule has 2 aromatic carbocycles. The highest BCUT2D eigenvalue weighted by atomic mass is 32.2. The third kappa shape index (κ3) is 3.83. The van der Waals surface area contributed by atoms with E-state index in [0.29, 0.717) is 5.69 Å². The summed E-state index contributed by atoms with van der Waals surface area (Å²) in [5.41, 5.74) is 3.21. The molecule has 0 spiro atoms. The smallest absolute Gasteiger partial charge is 0.309 e. The van der Waals surface area contributed by atoms with Crippen LogP contribution in [0.4, 0.5) is 5.69 Å². The summed E-state index contributed by atoms with van der Waals surface area (Å²) in [4.78, 5) is 11.3. The lowest BCUT2D eigenvalue weighted by molar-refractivity contribution is -0.139. The highest BCUT2D eigenvalue weighted by Gasteiger charge is 2.10. The number of nitrogens with one attached hydrogen (secondary N) is 1. The molecule has 0 saturated heterocycles. The van der Waals surface area contributed by atoms with Crippen molar-refractivity contribution in [2.45, 2.75) is 6.42 Å². The number of carbonyl (C=O) groups is 1. The average Bonchev–Trinajstić information content (AvgIpc) is 2.99. The number of sulfonamides is 1. The molecular formula is C18H18N2O4S. The highest BCUT2D eigenvalue weighted by Crippen LogP contribution is 2.27. The first-order valence-electron chi connectivity index (χ1n) is 7.61.